The van der Waals surface area contributed by atoms with Gasteiger partial charge in [0.25, 0.3) is 0 Å². The monoisotopic (exact) mass is 636 g/mol. The van der Waals surface area contributed by atoms with Gasteiger partial charge in [-0.2, -0.15) is 39.5 Å². The summed E-state index contributed by atoms with van der Waals surface area (Å²) in [4.78, 5) is 0. The van der Waals surface area contributed by atoms with E-state index in [1.54, 1.807) is 0 Å². The van der Waals surface area contributed by atoms with E-state index in [1.165, 1.54) is 0 Å². The lowest BCUT2D eigenvalue weighted by Crippen LogP contribution is -2.05. The van der Waals surface area contributed by atoms with Gasteiger partial charge < -0.3 is 0 Å². The number of hydrogen-bond acceptors (Lipinski definition) is 0. The van der Waals surface area contributed by atoms with Crippen molar-refractivity contribution in [2.24, 2.45) is 0 Å². The summed E-state index contributed by atoms with van der Waals surface area (Å²) in [5.41, 5.74) is -6.67. The molecule has 0 aliphatic rings. The Morgan fingerprint density at radius 2 is 0.511 bits per heavy atom. The van der Waals surface area contributed by atoms with E-state index in [9.17, 15) is 39.5 Å². The number of alkyl halides is 9. The van der Waals surface area contributed by atoms with Gasteiger partial charge in [-0.05, 0) is 72.8 Å². The third-order valence-electron chi connectivity index (χ3n) is 5.95. The molecule has 0 bridgehead atoms. The third kappa shape index (κ3) is 7.82. The SMILES string of the molecule is Fc1c(C#Cc2ccc(C(F)(F)F)cc2)c(F)c(C#Cc2ccc(C(F)(F)F)cc2)c(F)c1C#Cc1ccc(C(F)(F)F)cc1. The highest BCUT2D eigenvalue weighted by Crippen LogP contribution is 2.31. The van der Waals surface area contributed by atoms with Crippen LogP contribution in [0, 0.1) is 53.0 Å². The molecule has 0 N–H and O–H groups in total. The van der Waals surface area contributed by atoms with E-state index in [2.05, 4.69) is 35.5 Å². The molecule has 0 heterocycles. The number of hydrogen-bond donors (Lipinski definition) is 0. The quantitative estimate of drug-likeness (QED) is 0.133. The van der Waals surface area contributed by atoms with Crippen molar-refractivity contribution in [1.29, 1.82) is 0 Å². The fourth-order valence-corrected chi connectivity index (χ4v) is 3.62. The molecule has 0 atom stereocenters. The van der Waals surface area contributed by atoms with Crippen LogP contribution in [0.2, 0.25) is 0 Å². The van der Waals surface area contributed by atoms with E-state index in [4.69, 9.17) is 0 Å². The maximum atomic E-state index is 15.4. The maximum absolute atomic E-state index is 15.4. The van der Waals surface area contributed by atoms with Gasteiger partial charge in [-0.1, -0.05) is 35.5 Å². The normalized spacial score (nSPS) is 11.5. The second kappa shape index (κ2) is 12.4. The second-order valence-electron chi connectivity index (χ2n) is 9.04. The number of halogens is 12. The van der Waals surface area contributed by atoms with Crippen molar-refractivity contribution in [2.75, 3.05) is 0 Å². The average Bonchev–Trinajstić information content (AvgIpc) is 2.96. The maximum Gasteiger partial charge on any atom is 0.416 e. The summed E-state index contributed by atoms with van der Waals surface area (Å²) < 4.78 is 162. The molecule has 0 saturated carbocycles. The summed E-state index contributed by atoms with van der Waals surface area (Å²) in [7, 11) is 0. The van der Waals surface area contributed by atoms with Gasteiger partial charge in [-0.3, -0.25) is 0 Å². The van der Waals surface area contributed by atoms with Gasteiger partial charge in [-0.15, -0.1) is 0 Å². The molecule has 0 nitrogen and oxygen atoms in total. The van der Waals surface area contributed by atoms with Crippen molar-refractivity contribution in [3.8, 4) is 35.5 Å². The first-order chi connectivity index (χ1) is 20.9. The highest BCUT2D eigenvalue weighted by molar-refractivity contribution is 5.58. The van der Waals surface area contributed by atoms with Crippen LogP contribution in [-0.2, 0) is 18.5 Å². The Bertz CT molecular complexity index is 1660. The summed E-state index contributed by atoms with van der Waals surface area (Å²) >= 11 is 0. The largest absolute Gasteiger partial charge is 0.416 e. The minimum atomic E-state index is -4.66. The van der Waals surface area contributed by atoms with E-state index < -0.39 is 69.4 Å². The first kappa shape index (κ1) is 32.6. The van der Waals surface area contributed by atoms with E-state index >= 15 is 13.2 Å². The average molecular weight is 636 g/mol. The van der Waals surface area contributed by atoms with E-state index in [0.717, 1.165) is 36.4 Å². The molecule has 0 spiro atoms. The highest BCUT2D eigenvalue weighted by Gasteiger charge is 2.31. The van der Waals surface area contributed by atoms with Crippen LogP contribution in [0.3, 0.4) is 0 Å². The van der Waals surface area contributed by atoms with Gasteiger partial charge in [0, 0.05) is 16.7 Å². The summed E-state index contributed by atoms with van der Waals surface area (Å²) in [5, 5.41) is 0. The molecule has 0 aliphatic heterocycles. The second-order valence-corrected chi connectivity index (χ2v) is 9.04. The van der Waals surface area contributed by atoms with Crippen molar-refractivity contribution >= 4 is 0 Å². The van der Waals surface area contributed by atoms with Gasteiger partial charge in [0.2, 0.25) is 0 Å². The fraction of sp³-hybridized carbons (Fsp3) is 0.0909. The Hall–Kier alpha value is -5.28. The van der Waals surface area contributed by atoms with Crippen LogP contribution >= 0.6 is 0 Å². The van der Waals surface area contributed by atoms with Crippen LogP contribution in [0.25, 0.3) is 0 Å². The van der Waals surface area contributed by atoms with Crippen molar-refractivity contribution in [1.82, 2.24) is 0 Å². The molecule has 0 unspecified atom stereocenters. The van der Waals surface area contributed by atoms with E-state index in [0.29, 0.717) is 36.4 Å². The molecule has 4 aromatic rings. The minimum absolute atomic E-state index is 0.110. The van der Waals surface area contributed by atoms with E-state index in [-0.39, 0.29) is 16.7 Å². The highest BCUT2D eigenvalue weighted by atomic mass is 19.4. The van der Waals surface area contributed by atoms with Gasteiger partial charge in [0.15, 0.2) is 17.5 Å². The summed E-state index contributed by atoms with van der Waals surface area (Å²) in [5.74, 6) is 8.08. The van der Waals surface area contributed by atoms with Gasteiger partial charge in [0.05, 0.1) is 33.4 Å². The topological polar surface area (TPSA) is 0 Å². The molecule has 45 heavy (non-hydrogen) atoms. The third-order valence-corrected chi connectivity index (χ3v) is 5.95. The van der Waals surface area contributed by atoms with Crippen LogP contribution in [0.1, 0.15) is 50.1 Å². The molecule has 0 amide bonds. The standard InChI is InChI=1S/C33H12F12/c34-28-25(16-7-19-1-10-22(11-2-19)31(37,38)39)29(35)27(18-9-21-5-14-24(15-6-21)33(43,44)45)30(36)26(28)17-8-20-3-12-23(13-4-20)32(40,41)42/h1-6,10-15H. The Morgan fingerprint density at radius 3 is 0.689 bits per heavy atom. The zero-order valence-corrected chi connectivity index (χ0v) is 22.0. The first-order valence-corrected chi connectivity index (χ1v) is 12.2. The Morgan fingerprint density at radius 1 is 0.311 bits per heavy atom. The lowest BCUT2D eigenvalue weighted by Gasteiger charge is -2.07. The molecule has 0 saturated heterocycles. The molecule has 228 valence electrons. The molecule has 0 fully saturated rings. The Balaban J connectivity index is 1.83. The Kier molecular flexibility index (Phi) is 8.97. The van der Waals surface area contributed by atoms with Crippen LogP contribution in [-0.4, -0.2) is 0 Å². The predicted octanol–water partition coefficient (Wildman–Crippen LogP) is 9.36. The Labute approximate surface area is 247 Å². The van der Waals surface area contributed by atoms with Gasteiger partial charge >= 0.3 is 18.5 Å². The lowest BCUT2D eigenvalue weighted by molar-refractivity contribution is -0.138. The van der Waals surface area contributed by atoms with Crippen LogP contribution < -0.4 is 0 Å². The summed E-state index contributed by atoms with van der Waals surface area (Å²) in [6.07, 6.45) is -14.0. The molecular formula is C33H12F12. The molecular weight excluding hydrogens is 624 g/mol. The molecule has 4 aromatic carbocycles. The van der Waals surface area contributed by atoms with Crippen molar-refractivity contribution in [2.45, 2.75) is 18.5 Å². The van der Waals surface area contributed by atoms with Crippen LogP contribution in [0.5, 0.6) is 0 Å². The van der Waals surface area contributed by atoms with Crippen molar-refractivity contribution in [3.05, 3.63) is 140 Å². The van der Waals surface area contributed by atoms with Gasteiger partial charge in [-0.25, -0.2) is 13.2 Å². The van der Waals surface area contributed by atoms with Crippen molar-refractivity contribution < 1.29 is 52.7 Å². The fourth-order valence-electron chi connectivity index (χ4n) is 3.62. The number of benzene rings is 4. The zero-order valence-electron chi connectivity index (χ0n) is 22.0. The smallest absolute Gasteiger partial charge is 0.204 e. The minimum Gasteiger partial charge on any atom is -0.204 e. The molecule has 0 aromatic heterocycles. The molecule has 4 rings (SSSR count). The molecule has 0 aliphatic carbocycles. The lowest BCUT2D eigenvalue weighted by atomic mass is 10.0. The van der Waals surface area contributed by atoms with Crippen LogP contribution in [0.15, 0.2) is 72.8 Å². The van der Waals surface area contributed by atoms with Crippen LogP contribution in [0.4, 0.5) is 52.7 Å². The summed E-state index contributed by atoms with van der Waals surface area (Å²) in [6, 6.07) is 9.55. The number of rotatable bonds is 0. The van der Waals surface area contributed by atoms with Gasteiger partial charge in [0.1, 0.15) is 0 Å². The molecule has 12 heteroatoms. The van der Waals surface area contributed by atoms with E-state index in [1.807, 2.05) is 0 Å². The first-order valence-electron chi connectivity index (χ1n) is 12.2. The zero-order chi connectivity index (χ0) is 33.2. The molecule has 0 radical (unpaired) electrons. The summed E-state index contributed by atoms with van der Waals surface area (Å²) in [6.45, 7) is 0. The van der Waals surface area contributed by atoms with Crippen molar-refractivity contribution in [3.63, 3.8) is 0 Å². The predicted molar refractivity (Wildman–Crippen MR) is 139 cm³/mol.